The van der Waals surface area contributed by atoms with E-state index in [0.717, 1.165) is 32.4 Å². The van der Waals surface area contributed by atoms with Gasteiger partial charge in [0.05, 0.1) is 6.61 Å². The third-order valence-corrected chi connectivity index (χ3v) is 3.35. The van der Waals surface area contributed by atoms with E-state index in [9.17, 15) is 0 Å². The van der Waals surface area contributed by atoms with Crippen molar-refractivity contribution >= 4 is 0 Å². The summed E-state index contributed by atoms with van der Waals surface area (Å²) in [5.41, 5.74) is 0. The second-order valence-electron chi connectivity index (χ2n) is 4.93. The van der Waals surface area contributed by atoms with E-state index in [4.69, 9.17) is 9.47 Å². The van der Waals surface area contributed by atoms with Gasteiger partial charge in [-0.2, -0.15) is 0 Å². The largest absolute Gasteiger partial charge is 0.383 e. The van der Waals surface area contributed by atoms with Crippen LogP contribution in [0.25, 0.3) is 0 Å². The van der Waals surface area contributed by atoms with Gasteiger partial charge in [-0.05, 0) is 18.8 Å². The predicted octanol–water partition coefficient (Wildman–Crippen LogP) is 3.14. The van der Waals surface area contributed by atoms with E-state index in [2.05, 4.69) is 32.6 Å². The molecule has 0 aromatic rings. The fourth-order valence-corrected chi connectivity index (χ4v) is 2.47. The number of hydrogen-bond donors (Lipinski definition) is 0. The molecule has 0 heterocycles. The van der Waals surface area contributed by atoms with Gasteiger partial charge < -0.3 is 9.47 Å². The summed E-state index contributed by atoms with van der Waals surface area (Å²) in [4.78, 5) is 2.47. The van der Waals surface area contributed by atoms with Crippen molar-refractivity contribution in [3.63, 3.8) is 0 Å². The molecule has 3 nitrogen and oxygen atoms in total. The Balaban J connectivity index is 4.67. The van der Waals surface area contributed by atoms with E-state index in [0.29, 0.717) is 12.0 Å². The minimum absolute atomic E-state index is 0.225. The average molecular weight is 245 g/mol. The third-order valence-electron chi connectivity index (χ3n) is 3.35. The second kappa shape index (κ2) is 9.86. The molecule has 0 radical (unpaired) electrons. The van der Waals surface area contributed by atoms with Crippen LogP contribution in [-0.4, -0.2) is 44.5 Å². The third kappa shape index (κ3) is 5.84. The summed E-state index contributed by atoms with van der Waals surface area (Å²) >= 11 is 0. The SMILES string of the molecule is CCC[C@H](OC)N(CCOC)[C@@H](CC)C(C)C. The summed E-state index contributed by atoms with van der Waals surface area (Å²) in [6, 6.07) is 0.571. The van der Waals surface area contributed by atoms with Gasteiger partial charge in [-0.1, -0.05) is 34.1 Å². The quantitative estimate of drug-likeness (QED) is 0.552. The van der Waals surface area contributed by atoms with Crippen LogP contribution in [0.4, 0.5) is 0 Å². The fourth-order valence-electron chi connectivity index (χ4n) is 2.47. The Bertz CT molecular complexity index is 174. The predicted molar refractivity (Wildman–Crippen MR) is 73.2 cm³/mol. The zero-order chi connectivity index (χ0) is 13.3. The Morgan fingerprint density at radius 2 is 1.76 bits per heavy atom. The highest BCUT2D eigenvalue weighted by Gasteiger charge is 2.26. The van der Waals surface area contributed by atoms with E-state index in [1.54, 1.807) is 7.11 Å². The maximum Gasteiger partial charge on any atom is 0.110 e. The van der Waals surface area contributed by atoms with Crippen LogP contribution >= 0.6 is 0 Å². The van der Waals surface area contributed by atoms with Gasteiger partial charge in [-0.15, -0.1) is 0 Å². The van der Waals surface area contributed by atoms with Crippen molar-refractivity contribution in [1.29, 1.82) is 0 Å². The molecule has 0 saturated carbocycles. The standard InChI is InChI=1S/C14H31NO2/c1-7-9-14(17-6)15(10-11-16-5)13(8-2)12(3)4/h12-14H,7-11H2,1-6H3/t13-,14-/m0/s1. The summed E-state index contributed by atoms with van der Waals surface area (Å²) < 4.78 is 10.9. The molecule has 104 valence electrons. The number of methoxy groups -OCH3 is 2. The molecule has 0 aromatic heterocycles. The molecule has 0 aromatic carbocycles. The first-order valence-electron chi connectivity index (χ1n) is 6.89. The monoisotopic (exact) mass is 245 g/mol. The number of rotatable bonds is 10. The maximum atomic E-state index is 5.65. The van der Waals surface area contributed by atoms with Gasteiger partial charge in [-0.3, -0.25) is 4.90 Å². The minimum Gasteiger partial charge on any atom is -0.383 e. The molecule has 0 fully saturated rings. The topological polar surface area (TPSA) is 21.7 Å². The van der Waals surface area contributed by atoms with E-state index >= 15 is 0 Å². The molecule has 0 saturated heterocycles. The van der Waals surface area contributed by atoms with Gasteiger partial charge in [0, 0.05) is 26.8 Å². The Hall–Kier alpha value is -0.120. The summed E-state index contributed by atoms with van der Waals surface area (Å²) in [6.07, 6.45) is 3.62. The maximum absolute atomic E-state index is 5.65. The molecule has 17 heavy (non-hydrogen) atoms. The first-order chi connectivity index (χ1) is 8.12. The molecule has 2 atom stereocenters. The zero-order valence-electron chi connectivity index (χ0n) is 12.5. The highest BCUT2D eigenvalue weighted by molar-refractivity contribution is 4.76. The summed E-state index contributed by atoms with van der Waals surface area (Å²) in [5.74, 6) is 0.645. The van der Waals surface area contributed by atoms with Gasteiger partial charge in [0.15, 0.2) is 0 Å². The lowest BCUT2D eigenvalue weighted by molar-refractivity contribution is -0.0781. The second-order valence-corrected chi connectivity index (χ2v) is 4.93. The molecule has 0 rings (SSSR count). The van der Waals surface area contributed by atoms with E-state index in [-0.39, 0.29) is 6.23 Å². The van der Waals surface area contributed by atoms with Crippen molar-refractivity contribution in [2.45, 2.75) is 59.2 Å². The van der Waals surface area contributed by atoms with Gasteiger partial charge in [-0.25, -0.2) is 0 Å². The summed E-state index contributed by atoms with van der Waals surface area (Å²) in [7, 11) is 3.57. The molecule has 0 aliphatic rings. The molecule has 0 aliphatic heterocycles. The van der Waals surface area contributed by atoms with Gasteiger partial charge in [0.25, 0.3) is 0 Å². The molecule has 3 heteroatoms. The zero-order valence-corrected chi connectivity index (χ0v) is 12.5. The van der Waals surface area contributed by atoms with E-state index < -0.39 is 0 Å². The van der Waals surface area contributed by atoms with Crippen molar-refractivity contribution in [3.05, 3.63) is 0 Å². The fraction of sp³-hybridized carbons (Fsp3) is 1.00. The first-order valence-corrected chi connectivity index (χ1v) is 6.89. The van der Waals surface area contributed by atoms with Crippen LogP contribution in [-0.2, 0) is 9.47 Å². The Morgan fingerprint density at radius 3 is 2.12 bits per heavy atom. The van der Waals surface area contributed by atoms with Crippen LogP contribution < -0.4 is 0 Å². The molecular formula is C14H31NO2. The van der Waals surface area contributed by atoms with Crippen molar-refractivity contribution in [2.75, 3.05) is 27.4 Å². The number of nitrogens with zero attached hydrogens (tertiary/aromatic N) is 1. The smallest absolute Gasteiger partial charge is 0.110 e. The lowest BCUT2D eigenvalue weighted by atomic mass is 9.99. The normalized spacial score (nSPS) is 15.5. The summed E-state index contributed by atoms with van der Waals surface area (Å²) in [5, 5.41) is 0. The molecule has 0 amide bonds. The molecular weight excluding hydrogens is 214 g/mol. The number of ether oxygens (including phenoxy) is 2. The molecule has 0 aliphatic carbocycles. The molecule has 0 N–H and O–H groups in total. The number of hydrogen-bond acceptors (Lipinski definition) is 3. The summed E-state index contributed by atoms with van der Waals surface area (Å²) in [6.45, 7) is 10.7. The van der Waals surface area contributed by atoms with Crippen molar-refractivity contribution < 1.29 is 9.47 Å². The van der Waals surface area contributed by atoms with Crippen LogP contribution in [0.5, 0.6) is 0 Å². The highest BCUT2D eigenvalue weighted by atomic mass is 16.5. The minimum atomic E-state index is 0.225. The first kappa shape index (κ1) is 16.9. The van der Waals surface area contributed by atoms with Crippen LogP contribution in [0.2, 0.25) is 0 Å². The highest BCUT2D eigenvalue weighted by Crippen LogP contribution is 2.20. The lowest BCUT2D eigenvalue weighted by Gasteiger charge is -2.39. The Labute approximate surface area is 107 Å². The van der Waals surface area contributed by atoms with E-state index in [1.165, 1.54) is 0 Å². The Kier molecular flexibility index (Phi) is 9.79. The van der Waals surface area contributed by atoms with Gasteiger partial charge >= 0.3 is 0 Å². The van der Waals surface area contributed by atoms with Crippen molar-refractivity contribution in [3.8, 4) is 0 Å². The lowest BCUT2D eigenvalue weighted by Crippen LogP contribution is -2.48. The average Bonchev–Trinajstić information content (AvgIpc) is 2.31. The molecule has 0 unspecified atom stereocenters. The van der Waals surface area contributed by atoms with Crippen LogP contribution in [0.15, 0.2) is 0 Å². The molecule has 0 spiro atoms. The molecule has 0 bridgehead atoms. The van der Waals surface area contributed by atoms with Crippen molar-refractivity contribution in [1.82, 2.24) is 4.90 Å². The van der Waals surface area contributed by atoms with Crippen LogP contribution in [0.1, 0.15) is 47.0 Å². The van der Waals surface area contributed by atoms with Crippen LogP contribution in [0.3, 0.4) is 0 Å². The van der Waals surface area contributed by atoms with Gasteiger partial charge in [0.1, 0.15) is 6.23 Å². The van der Waals surface area contributed by atoms with Crippen LogP contribution in [0, 0.1) is 5.92 Å². The van der Waals surface area contributed by atoms with Gasteiger partial charge in [0.2, 0.25) is 0 Å². The Morgan fingerprint density at radius 1 is 1.12 bits per heavy atom. The van der Waals surface area contributed by atoms with Crippen molar-refractivity contribution in [2.24, 2.45) is 5.92 Å². The van der Waals surface area contributed by atoms with E-state index in [1.807, 2.05) is 7.11 Å².